The lowest BCUT2D eigenvalue weighted by atomic mass is 10.3. The van der Waals surface area contributed by atoms with E-state index in [1.54, 1.807) is 22.9 Å². The van der Waals surface area contributed by atoms with Gasteiger partial charge in [-0.3, -0.25) is 4.79 Å². The number of thioether (sulfide) groups is 1. The van der Waals surface area contributed by atoms with E-state index in [2.05, 4.69) is 20.3 Å². The number of hydrogen-bond acceptors (Lipinski definition) is 7. The van der Waals surface area contributed by atoms with E-state index >= 15 is 0 Å². The van der Waals surface area contributed by atoms with Crippen molar-refractivity contribution >= 4 is 34.9 Å². The van der Waals surface area contributed by atoms with Gasteiger partial charge in [0.25, 0.3) is 0 Å². The summed E-state index contributed by atoms with van der Waals surface area (Å²) in [6.07, 6.45) is 5.98. The third-order valence-corrected chi connectivity index (χ3v) is 4.13. The number of ether oxygens (including phenoxy) is 1. The molecule has 0 unspecified atom stereocenters. The molecular formula is C15H22N6O3S. The first kappa shape index (κ1) is 19.0. The van der Waals surface area contributed by atoms with E-state index in [0.29, 0.717) is 37.3 Å². The van der Waals surface area contributed by atoms with Gasteiger partial charge < -0.3 is 10.1 Å². The second-order valence-corrected chi connectivity index (χ2v) is 5.94. The van der Waals surface area contributed by atoms with Crippen molar-refractivity contribution in [2.75, 3.05) is 31.0 Å². The monoisotopic (exact) mass is 366 g/mol. The molecule has 1 N–H and O–H groups in total. The van der Waals surface area contributed by atoms with Gasteiger partial charge in [-0.25, -0.2) is 29.4 Å². The fourth-order valence-corrected chi connectivity index (χ4v) is 2.79. The normalized spacial score (nSPS) is 10.7. The number of alkyl carbamates (subject to hydrolysis) is 1. The molecule has 0 aliphatic heterocycles. The second kappa shape index (κ2) is 9.21. The third kappa shape index (κ3) is 4.81. The van der Waals surface area contributed by atoms with E-state index < -0.39 is 6.09 Å². The Balaban J connectivity index is 2.00. The summed E-state index contributed by atoms with van der Waals surface area (Å²) in [5.74, 6) is -0.109. The van der Waals surface area contributed by atoms with Crippen molar-refractivity contribution in [2.24, 2.45) is 0 Å². The van der Waals surface area contributed by atoms with Crippen LogP contribution in [0, 0.1) is 0 Å². The minimum absolute atomic E-state index is 0.109. The van der Waals surface area contributed by atoms with Gasteiger partial charge in [-0.15, -0.1) is 11.8 Å². The lowest BCUT2D eigenvalue weighted by molar-refractivity contribution is -0.118. The van der Waals surface area contributed by atoms with Gasteiger partial charge in [0.1, 0.15) is 23.2 Å². The van der Waals surface area contributed by atoms with Crippen LogP contribution in [0.5, 0.6) is 0 Å². The minimum Gasteiger partial charge on any atom is -0.450 e. The molecule has 0 spiro atoms. The zero-order chi connectivity index (χ0) is 18.2. The molecular weight excluding hydrogens is 344 g/mol. The molecule has 0 aliphatic carbocycles. The Labute approximate surface area is 150 Å². The first-order valence-corrected chi connectivity index (χ1v) is 9.22. The molecule has 2 aromatic heterocycles. The Morgan fingerprint density at radius 1 is 1.32 bits per heavy atom. The van der Waals surface area contributed by atoms with Crippen molar-refractivity contribution in [1.82, 2.24) is 24.9 Å². The van der Waals surface area contributed by atoms with E-state index in [4.69, 9.17) is 4.74 Å². The quantitative estimate of drug-likeness (QED) is 0.430. The Hall–Kier alpha value is -2.36. The number of hydrogen-bond donors (Lipinski definition) is 1. The highest BCUT2D eigenvalue weighted by molar-refractivity contribution is 7.98. The van der Waals surface area contributed by atoms with E-state index in [1.165, 1.54) is 25.0 Å². The number of nitrogens with one attached hydrogen (secondary N) is 1. The summed E-state index contributed by atoms with van der Waals surface area (Å²) in [7, 11) is 0. The van der Waals surface area contributed by atoms with Crippen molar-refractivity contribution in [2.45, 2.75) is 31.7 Å². The van der Waals surface area contributed by atoms with Gasteiger partial charge in [0, 0.05) is 20.0 Å². The largest absolute Gasteiger partial charge is 0.450 e. The van der Waals surface area contributed by atoms with Crippen molar-refractivity contribution in [3.63, 3.8) is 0 Å². The third-order valence-electron chi connectivity index (χ3n) is 3.44. The van der Waals surface area contributed by atoms with Gasteiger partial charge in [0.05, 0.1) is 6.61 Å². The number of rotatable bonds is 8. The molecule has 2 heterocycles. The molecule has 2 rings (SSSR count). The van der Waals surface area contributed by atoms with Crippen LogP contribution in [-0.4, -0.2) is 57.6 Å². The predicted octanol–water partition coefficient (Wildman–Crippen LogP) is 1.56. The lowest BCUT2D eigenvalue weighted by Gasteiger charge is -2.22. The van der Waals surface area contributed by atoms with E-state index in [9.17, 15) is 9.59 Å². The number of unbranched alkanes of at least 4 members (excludes halogenated alkanes) is 1. The van der Waals surface area contributed by atoms with Crippen LogP contribution in [-0.2, 0) is 9.53 Å². The summed E-state index contributed by atoms with van der Waals surface area (Å²) >= 11 is 1.48. The maximum atomic E-state index is 12.0. The Morgan fingerprint density at radius 2 is 2.12 bits per heavy atom. The summed E-state index contributed by atoms with van der Waals surface area (Å²) < 4.78 is 6.44. The van der Waals surface area contributed by atoms with Crippen LogP contribution in [0.2, 0.25) is 0 Å². The number of imidazole rings is 1. The van der Waals surface area contributed by atoms with E-state index in [1.807, 2.05) is 6.26 Å². The van der Waals surface area contributed by atoms with Crippen LogP contribution in [0.1, 0.15) is 26.7 Å². The molecule has 2 amide bonds. The highest BCUT2D eigenvalue weighted by Crippen LogP contribution is 2.21. The highest BCUT2D eigenvalue weighted by atomic mass is 32.2. The molecule has 0 saturated carbocycles. The van der Waals surface area contributed by atoms with Crippen molar-refractivity contribution in [1.29, 1.82) is 0 Å². The Kier molecular flexibility index (Phi) is 6.99. The zero-order valence-corrected chi connectivity index (χ0v) is 15.4. The van der Waals surface area contributed by atoms with Crippen molar-refractivity contribution < 1.29 is 14.3 Å². The maximum absolute atomic E-state index is 12.0. The molecule has 0 saturated heterocycles. The molecule has 136 valence electrons. The molecule has 9 nitrogen and oxygen atoms in total. The summed E-state index contributed by atoms with van der Waals surface area (Å²) in [6.45, 7) is 4.58. The number of amides is 2. The first-order valence-electron chi connectivity index (χ1n) is 7.99. The molecule has 0 radical (unpaired) electrons. The summed E-state index contributed by atoms with van der Waals surface area (Å²) in [5.41, 5.74) is 1.27. The number of nitrogens with zero attached hydrogens (tertiary/aromatic N) is 5. The first-order chi connectivity index (χ1) is 12.1. The average Bonchev–Trinajstić information content (AvgIpc) is 3.01. The van der Waals surface area contributed by atoms with Gasteiger partial charge in [0.15, 0.2) is 5.65 Å². The second-order valence-electron chi connectivity index (χ2n) is 5.14. The lowest BCUT2D eigenvalue weighted by Crippen LogP contribution is -2.39. The van der Waals surface area contributed by atoms with Crippen LogP contribution in [0.3, 0.4) is 0 Å². The van der Waals surface area contributed by atoms with Crippen molar-refractivity contribution in [3.8, 4) is 0 Å². The minimum atomic E-state index is -0.423. The Morgan fingerprint density at radius 3 is 2.80 bits per heavy atom. The van der Waals surface area contributed by atoms with E-state index in [0.717, 1.165) is 11.4 Å². The molecule has 0 bridgehead atoms. The summed E-state index contributed by atoms with van der Waals surface area (Å²) in [5, 5.41) is 5.01. The molecule has 0 aliphatic rings. The van der Waals surface area contributed by atoms with Gasteiger partial charge in [-0.1, -0.05) is 0 Å². The van der Waals surface area contributed by atoms with E-state index in [-0.39, 0.29) is 5.91 Å². The van der Waals surface area contributed by atoms with Gasteiger partial charge in [-0.05, 0) is 26.0 Å². The SMILES string of the molecule is CCOC(=O)NCCCCN(C(C)=O)n1cnc2c(SC)ncnc21. The fourth-order valence-electron chi connectivity index (χ4n) is 2.30. The molecule has 10 heteroatoms. The highest BCUT2D eigenvalue weighted by Gasteiger charge is 2.17. The summed E-state index contributed by atoms with van der Waals surface area (Å²) in [4.78, 5) is 36.0. The number of carbonyl (C=O) groups is 2. The van der Waals surface area contributed by atoms with Crippen LogP contribution >= 0.6 is 11.8 Å². The van der Waals surface area contributed by atoms with Gasteiger partial charge in [0.2, 0.25) is 5.91 Å². The van der Waals surface area contributed by atoms with Gasteiger partial charge >= 0.3 is 6.09 Å². The zero-order valence-electron chi connectivity index (χ0n) is 14.6. The summed E-state index contributed by atoms with van der Waals surface area (Å²) in [6, 6.07) is 0. The molecule has 0 aromatic carbocycles. The van der Waals surface area contributed by atoms with Gasteiger partial charge in [-0.2, -0.15) is 0 Å². The fraction of sp³-hybridized carbons (Fsp3) is 0.533. The van der Waals surface area contributed by atoms with Crippen LogP contribution in [0.25, 0.3) is 11.2 Å². The average molecular weight is 366 g/mol. The van der Waals surface area contributed by atoms with Crippen LogP contribution in [0.4, 0.5) is 4.79 Å². The maximum Gasteiger partial charge on any atom is 0.407 e. The molecule has 0 atom stereocenters. The smallest absolute Gasteiger partial charge is 0.407 e. The number of aromatic nitrogens is 4. The van der Waals surface area contributed by atoms with Crippen LogP contribution in [0.15, 0.2) is 17.7 Å². The standard InChI is InChI=1S/C15H22N6O3S/c1-4-24-15(23)16-7-5-6-8-20(11(2)22)21-10-19-12-13(21)17-9-18-14(12)25-3/h9-10H,4-8H2,1-3H3,(H,16,23). The Bertz CT molecular complexity index is 735. The number of carbonyl (C=O) groups excluding carboxylic acids is 2. The predicted molar refractivity (Wildman–Crippen MR) is 95.1 cm³/mol. The topological polar surface area (TPSA) is 102 Å². The van der Waals surface area contributed by atoms with Crippen LogP contribution < -0.4 is 10.3 Å². The molecule has 25 heavy (non-hydrogen) atoms. The number of fused-ring (bicyclic) bond motifs is 1. The molecule has 0 fully saturated rings. The van der Waals surface area contributed by atoms with Crippen molar-refractivity contribution in [3.05, 3.63) is 12.7 Å². The molecule has 2 aromatic rings.